The first-order valence-electron chi connectivity index (χ1n) is 7.79. The van der Waals surface area contributed by atoms with Gasteiger partial charge in [0, 0.05) is 6.42 Å². The van der Waals surface area contributed by atoms with E-state index in [4.69, 9.17) is 4.74 Å². The first-order chi connectivity index (χ1) is 11.4. The Morgan fingerprint density at radius 3 is 2.67 bits per heavy atom. The molecule has 1 aliphatic rings. The summed E-state index contributed by atoms with van der Waals surface area (Å²) in [4.78, 5) is 12.6. The zero-order valence-electron chi connectivity index (χ0n) is 13.4. The largest absolute Gasteiger partial charge is 0.489 e. The number of ketones is 1. The van der Waals surface area contributed by atoms with Gasteiger partial charge in [-0.3, -0.25) is 4.79 Å². The molecule has 0 atom stereocenters. The zero-order chi connectivity index (χ0) is 17.6. The Kier molecular flexibility index (Phi) is 6.01. The second-order valence-electron chi connectivity index (χ2n) is 5.41. The molecular formula is C19H19F3O2. The number of hydrogen-bond acceptors (Lipinski definition) is 2. The lowest BCUT2D eigenvalue weighted by molar-refractivity contribution is -0.127. The summed E-state index contributed by atoms with van der Waals surface area (Å²) in [6.45, 7) is 2.13. The van der Waals surface area contributed by atoms with Crippen molar-refractivity contribution in [2.75, 3.05) is 6.61 Å². The summed E-state index contributed by atoms with van der Waals surface area (Å²) in [6, 6.07) is 2.84. The van der Waals surface area contributed by atoms with Crippen LogP contribution in [0.15, 0.2) is 42.5 Å². The number of ether oxygens (including phenoxy) is 1. The molecule has 0 fully saturated rings. The van der Waals surface area contributed by atoms with Crippen molar-refractivity contribution in [2.24, 2.45) is 0 Å². The van der Waals surface area contributed by atoms with E-state index in [1.54, 1.807) is 36.5 Å². The van der Waals surface area contributed by atoms with Gasteiger partial charge < -0.3 is 4.74 Å². The summed E-state index contributed by atoms with van der Waals surface area (Å²) >= 11 is 0. The van der Waals surface area contributed by atoms with Gasteiger partial charge in [0.25, 0.3) is 0 Å². The summed E-state index contributed by atoms with van der Waals surface area (Å²) in [7, 11) is 0. The molecule has 2 nitrogen and oxygen atoms in total. The minimum atomic E-state index is -4.34. The number of benzene rings is 1. The molecule has 0 bridgehead atoms. The third-order valence-electron chi connectivity index (χ3n) is 3.51. The number of hydrogen-bond donors (Lipinski definition) is 0. The molecule has 0 aliphatic carbocycles. The molecule has 24 heavy (non-hydrogen) atoms. The van der Waals surface area contributed by atoms with Gasteiger partial charge in [0.2, 0.25) is 0 Å². The van der Waals surface area contributed by atoms with E-state index in [2.05, 4.69) is 0 Å². The topological polar surface area (TPSA) is 26.3 Å². The van der Waals surface area contributed by atoms with E-state index >= 15 is 0 Å². The van der Waals surface area contributed by atoms with Gasteiger partial charge in [-0.1, -0.05) is 43.4 Å². The quantitative estimate of drug-likeness (QED) is 0.749. The first kappa shape index (κ1) is 18.0. The molecule has 0 unspecified atom stereocenters. The molecule has 5 heteroatoms. The summed E-state index contributed by atoms with van der Waals surface area (Å²) in [5, 5.41) is 0. The molecule has 0 spiro atoms. The predicted octanol–water partition coefficient (Wildman–Crippen LogP) is 5.29. The lowest BCUT2D eigenvalue weighted by Gasteiger charge is -2.17. The van der Waals surface area contributed by atoms with Crippen LogP contribution in [0.1, 0.15) is 41.3 Å². The van der Waals surface area contributed by atoms with Gasteiger partial charge in [-0.05, 0) is 29.7 Å². The first-order valence-corrected chi connectivity index (χ1v) is 7.79. The van der Waals surface area contributed by atoms with Crippen LogP contribution < -0.4 is 4.74 Å². The maximum Gasteiger partial charge on any atom is 0.393 e. The van der Waals surface area contributed by atoms with Crippen LogP contribution in [0.4, 0.5) is 13.2 Å². The van der Waals surface area contributed by atoms with Crippen LogP contribution in [0.3, 0.4) is 0 Å². The molecule has 0 amide bonds. The number of fused-ring (bicyclic) bond motifs is 1. The van der Waals surface area contributed by atoms with Crippen molar-refractivity contribution >= 4 is 11.9 Å². The highest BCUT2D eigenvalue weighted by molar-refractivity contribution is 6.03. The van der Waals surface area contributed by atoms with E-state index in [9.17, 15) is 18.0 Å². The number of carbonyl (C=O) groups excluding carboxylic acids is 1. The molecule has 128 valence electrons. The fourth-order valence-corrected chi connectivity index (χ4v) is 2.47. The van der Waals surface area contributed by atoms with Gasteiger partial charge >= 0.3 is 6.18 Å². The predicted molar refractivity (Wildman–Crippen MR) is 88.2 cm³/mol. The van der Waals surface area contributed by atoms with Gasteiger partial charge in [-0.15, -0.1) is 0 Å². The van der Waals surface area contributed by atoms with Crippen LogP contribution in [0.25, 0.3) is 6.08 Å². The maximum atomic E-state index is 12.9. The van der Waals surface area contributed by atoms with Crippen molar-refractivity contribution in [1.29, 1.82) is 0 Å². The monoisotopic (exact) mass is 336 g/mol. The normalized spacial score (nSPS) is 18.1. The fourth-order valence-electron chi connectivity index (χ4n) is 2.47. The second kappa shape index (κ2) is 7.99. The van der Waals surface area contributed by atoms with Gasteiger partial charge in [0.05, 0.1) is 12.0 Å². The molecule has 0 saturated carbocycles. The Hall–Kier alpha value is -2.30. The molecule has 1 heterocycles. The van der Waals surface area contributed by atoms with Crippen molar-refractivity contribution in [3.8, 4) is 5.75 Å². The highest BCUT2D eigenvalue weighted by Crippen LogP contribution is 2.32. The van der Waals surface area contributed by atoms with Crippen LogP contribution in [0.5, 0.6) is 5.75 Å². The Morgan fingerprint density at radius 1 is 1.21 bits per heavy atom. The van der Waals surface area contributed by atoms with Crippen molar-refractivity contribution in [3.63, 3.8) is 0 Å². The molecular weight excluding hydrogens is 317 g/mol. The van der Waals surface area contributed by atoms with E-state index < -0.39 is 12.6 Å². The van der Waals surface area contributed by atoms with Crippen molar-refractivity contribution < 1.29 is 22.7 Å². The molecule has 1 aliphatic heterocycles. The van der Waals surface area contributed by atoms with E-state index in [0.29, 0.717) is 17.7 Å². The van der Waals surface area contributed by atoms with Crippen molar-refractivity contribution in [2.45, 2.75) is 32.4 Å². The summed E-state index contributed by atoms with van der Waals surface area (Å²) in [6.07, 6.45) is 5.67. The standard InChI is InChI=1S/C19H19F3O2/c1-2-3-8-15-14(13-19(20,21)22)10-11-17-18(15)16(23)9-6-4-5-7-12-24-17/h3-8,10-11H,2,9,12-13H2,1H3/b6-4-,7-5-,8-3-. The molecule has 0 saturated heterocycles. The number of alkyl halides is 3. The SMILES string of the molecule is CC/C=C\c1c(CC(F)(F)F)ccc2c1C(=O)C/C=C\C=C/CO2. The summed E-state index contributed by atoms with van der Waals surface area (Å²) < 4.78 is 44.2. The Morgan fingerprint density at radius 2 is 1.96 bits per heavy atom. The average Bonchev–Trinajstić information content (AvgIpc) is 2.51. The lowest BCUT2D eigenvalue weighted by Crippen LogP contribution is -2.15. The molecule has 0 aromatic heterocycles. The zero-order valence-corrected chi connectivity index (χ0v) is 13.4. The van der Waals surface area contributed by atoms with Crippen LogP contribution in [0, 0.1) is 0 Å². The summed E-state index contributed by atoms with van der Waals surface area (Å²) in [5.74, 6) is 0.0676. The van der Waals surface area contributed by atoms with Crippen LogP contribution in [-0.4, -0.2) is 18.6 Å². The molecule has 1 aromatic rings. The van der Waals surface area contributed by atoms with Crippen LogP contribution in [-0.2, 0) is 6.42 Å². The summed E-state index contributed by atoms with van der Waals surface area (Å²) in [5.41, 5.74) is 0.607. The van der Waals surface area contributed by atoms with Gasteiger partial charge in [-0.25, -0.2) is 0 Å². The molecule has 0 radical (unpaired) electrons. The van der Waals surface area contributed by atoms with Crippen LogP contribution in [0.2, 0.25) is 0 Å². The molecule has 2 rings (SSSR count). The van der Waals surface area contributed by atoms with E-state index in [-0.39, 0.29) is 29.9 Å². The van der Waals surface area contributed by atoms with Crippen molar-refractivity contribution in [1.82, 2.24) is 0 Å². The highest BCUT2D eigenvalue weighted by atomic mass is 19.4. The number of Topliss-reactive ketones (excluding diaryl/α,β-unsaturated/α-hetero) is 1. The number of rotatable bonds is 3. The fraction of sp³-hybridized carbons (Fsp3) is 0.316. The average molecular weight is 336 g/mol. The number of carbonyl (C=O) groups is 1. The Labute approximate surface area is 139 Å². The smallest absolute Gasteiger partial charge is 0.393 e. The maximum absolute atomic E-state index is 12.9. The van der Waals surface area contributed by atoms with Gasteiger partial charge in [-0.2, -0.15) is 13.2 Å². The highest BCUT2D eigenvalue weighted by Gasteiger charge is 2.30. The van der Waals surface area contributed by atoms with Crippen LogP contribution >= 0.6 is 0 Å². The lowest BCUT2D eigenvalue weighted by atomic mass is 9.93. The third-order valence-corrected chi connectivity index (χ3v) is 3.51. The molecule has 1 aromatic carbocycles. The minimum Gasteiger partial charge on any atom is -0.489 e. The van der Waals surface area contributed by atoms with Crippen molar-refractivity contribution in [3.05, 3.63) is 59.2 Å². The number of allylic oxidation sites excluding steroid dienone is 4. The Bertz CT molecular complexity index is 683. The number of halogens is 3. The van der Waals surface area contributed by atoms with E-state index in [0.717, 1.165) is 0 Å². The van der Waals surface area contributed by atoms with Gasteiger partial charge in [0.1, 0.15) is 12.4 Å². The van der Waals surface area contributed by atoms with Gasteiger partial charge in [0.15, 0.2) is 5.78 Å². The Balaban J connectivity index is 2.59. The third kappa shape index (κ3) is 4.85. The van der Waals surface area contributed by atoms with E-state index in [1.807, 2.05) is 6.92 Å². The minimum absolute atomic E-state index is 0.0829. The molecule has 0 N–H and O–H groups in total. The second-order valence-corrected chi connectivity index (χ2v) is 5.41. The van der Waals surface area contributed by atoms with E-state index in [1.165, 1.54) is 12.1 Å².